The van der Waals surface area contributed by atoms with Crippen molar-refractivity contribution in [2.75, 3.05) is 45.3 Å². The van der Waals surface area contributed by atoms with Crippen LogP contribution in [0, 0.1) is 17.6 Å². The van der Waals surface area contributed by atoms with Gasteiger partial charge in [0.05, 0.1) is 19.2 Å². The standard InChI is InChI=1S/C36H32F2N4O6/c1-21-18-41(19-21)12-14-46-32-17-28-26(16-31(32)45-2)29(9-11-39-28)48-30-8-5-24(15-27(30)38)40-35(43)33-34-22(10-13-47-34)20-42(36(33)44)25-6-3-23(37)4-7-25/h3-9,11,15-17,20-21H,10,12-14,18-19H2,1-2H3,(H,40,43). The molecule has 1 saturated heterocycles. The Hall–Kier alpha value is -5.49. The Bertz CT molecular complexity index is 2080. The zero-order valence-electron chi connectivity index (χ0n) is 26.3. The molecule has 1 fully saturated rings. The summed E-state index contributed by atoms with van der Waals surface area (Å²) in [5, 5.41) is 3.19. The van der Waals surface area contributed by atoms with Crippen LogP contribution >= 0.6 is 0 Å². The van der Waals surface area contributed by atoms with E-state index in [4.69, 9.17) is 18.9 Å². The minimum atomic E-state index is -0.771. The molecule has 12 heteroatoms. The first-order valence-electron chi connectivity index (χ1n) is 15.6. The summed E-state index contributed by atoms with van der Waals surface area (Å²) in [5.74, 6) is 0.203. The molecule has 3 aromatic carbocycles. The Morgan fingerprint density at radius 3 is 2.58 bits per heavy atom. The van der Waals surface area contributed by atoms with Crippen LogP contribution in [0.15, 0.2) is 77.9 Å². The SMILES string of the molecule is COc1cc2c(Oc3ccc(NC(=O)c4c5c(cn(-c6ccc(F)cc6)c4=O)CCO5)cc3F)ccnc2cc1OCCN1CC(C)C1. The second-order valence-electron chi connectivity index (χ2n) is 11.9. The number of carbonyl (C=O) groups excluding carboxylic acids is 1. The molecule has 5 aromatic rings. The molecule has 1 N–H and O–H groups in total. The zero-order chi connectivity index (χ0) is 33.4. The van der Waals surface area contributed by atoms with Gasteiger partial charge in [-0.05, 0) is 54.4 Å². The first-order chi connectivity index (χ1) is 23.3. The molecule has 0 saturated carbocycles. The van der Waals surface area contributed by atoms with Crippen LogP contribution in [0.2, 0.25) is 0 Å². The second kappa shape index (κ2) is 13.0. The van der Waals surface area contributed by atoms with E-state index < -0.39 is 23.1 Å². The maximum atomic E-state index is 15.4. The van der Waals surface area contributed by atoms with E-state index in [2.05, 4.69) is 22.1 Å². The average molecular weight is 655 g/mol. The molecule has 0 aliphatic carbocycles. The lowest BCUT2D eigenvalue weighted by molar-refractivity contribution is 0.0925. The number of aromatic nitrogens is 2. The summed E-state index contributed by atoms with van der Waals surface area (Å²) < 4.78 is 53.4. The number of methoxy groups -OCH3 is 1. The number of fused-ring (bicyclic) bond motifs is 2. The number of ether oxygens (including phenoxy) is 4. The number of likely N-dealkylation sites (tertiary alicyclic amines) is 1. The number of amides is 1. The number of anilines is 1. The molecule has 48 heavy (non-hydrogen) atoms. The minimum Gasteiger partial charge on any atom is -0.493 e. The van der Waals surface area contributed by atoms with E-state index in [9.17, 15) is 14.0 Å². The van der Waals surface area contributed by atoms with E-state index in [1.54, 1.807) is 37.7 Å². The number of carbonyl (C=O) groups is 1. The third-order valence-electron chi connectivity index (χ3n) is 8.39. The highest BCUT2D eigenvalue weighted by atomic mass is 19.1. The normalized spacial score (nSPS) is 14.2. The fraction of sp³-hybridized carbons (Fsp3) is 0.250. The predicted octanol–water partition coefficient (Wildman–Crippen LogP) is 5.98. The highest BCUT2D eigenvalue weighted by molar-refractivity contribution is 6.06. The molecule has 4 heterocycles. The van der Waals surface area contributed by atoms with E-state index in [1.807, 2.05) is 0 Å². The molecule has 7 rings (SSSR count). The van der Waals surface area contributed by atoms with Crippen molar-refractivity contribution in [1.29, 1.82) is 0 Å². The number of rotatable bonds is 10. The summed E-state index contributed by atoms with van der Waals surface area (Å²) in [4.78, 5) is 33.7. The van der Waals surface area contributed by atoms with Crippen LogP contribution in [0.1, 0.15) is 22.8 Å². The van der Waals surface area contributed by atoms with E-state index in [1.165, 1.54) is 41.0 Å². The van der Waals surface area contributed by atoms with Crippen LogP contribution in [0.25, 0.3) is 16.6 Å². The van der Waals surface area contributed by atoms with Crippen LogP contribution in [-0.2, 0) is 6.42 Å². The summed E-state index contributed by atoms with van der Waals surface area (Å²) in [6, 6.07) is 14.4. The fourth-order valence-corrected chi connectivity index (χ4v) is 6.01. The molecule has 2 aliphatic heterocycles. The Kier molecular flexibility index (Phi) is 8.40. The molecule has 0 unspecified atom stereocenters. The topological polar surface area (TPSA) is 104 Å². The van der Waals surface area contributed by atoms with Crippen molar-refractivity contribution < 1.29 is 32.5 Å². The van der Waals surface area contributed by atoms with Crippen molar-refractivity contribution in [2.45, 2.75) is 13.3 Å². The first kappa shape index (κ1) is 31.1. The van der Waals surface area contributed by atoms with Gasteiger partial charge in [0.1, 0.15) is 29.5 Å². The maximum absolute atomic E-state index is 15.4. The number of hydrogen-bond donors (Lipinski definition) is 1. The molecule has 2 aromatic heterocycles. The van der Waals surface area contributed by atoms with Gasteiger partial charge in [-0.2, -0.15) is 0 Å². The molecule has 0 radical (unpaired) electrons. The summed E-state index contributed by atoms with van der Waals surface area (Å²) in [6.45, 7) is 5.96. The molecular formula is C36H32F2N4O6. The Morgan fingerprint density at radius 1 is 1.02 bits per heavy atom. The smallest absolute Gasteiger partial charge is 0.271 e. The molecule has 246 valence electrons. The van der Waals surface area contributed by atoms with Gasteiger partial charge in [0.2, 0.25) is 0 Å². The van der Waals surface area contributed by atoms with Crippen molar-refractivity contribution in [2.24, 2.45) is 5.92 Å². The Labute approximate surface area is 274 Å². The third-order valence-corrected chi connectivity index (χ3v) is 8.39. The van der Waals surface area contributed by atoms with Crippen molar-refractivity contribution in [3.05, 3.63) is 106 Å². The van der Waals surface area contributed by atoms with Gasteiger partial charge in [0, 0.05) is 72.9 Å². The minimum absolute atomic E-state index is 0.0915. The molecule has 1 amide bonds. The highest BCUT2D eigenvalue weighted by Gasteiger charge is 2.27. The molecule has 0 bridgehead atoms. The van der Waals surface area contributed by atoms with Gasteiger partial charge >= 0.3 is 0 Å². The number of nitrogens with one attached hydrogen (secondary N) is 1. The van der Waals surface area contributed by atoms with Gasteiger partial charge in [-0.1, -0.05) is 6.92 Å². The van der Waals surface area contributed by atoms with Gasteiger partial charge in [0.25, 0.3) is 11.5 Å². The van der Waals surface area contributed by atoms with E-state index in [0.717, 1.165) is 25.7 Å². The number of halogens is 2. The zero-order valence-corrected chi connectivity index (χ0v) is 26.3. The van der Waals surface area contributed by atoms with Gasteiger partial charge in [0.15, 0.2) is 23.1 Å². The van der Waals surface area contributed by atoms with Crippen LogP contribution in [-0.4, -0.2) is 60.3 Å². The fourth-order valence-electron chi connectivity index (χ4n) is 6.01. The number of pyridine rings is 2. The maximum Gasteiger partial charge on any atom is 0.271 e. The molecule has 0 spiro atoms. The third kappa shape index (κ3) is 6.14. The lowest BCUT2D eigenvalue weighted by atomic mass is 10.0. The summed E-state index contributed by atoms with van der Waals surface area (Å²) in [5.41, 5.74) is 0.836. The van der Waals surface area contributed by atoms with Gasteiger partial charge in [-0.25, -0.2) is 8.78 Å². The Balaban J connectivity index is 1.10. The van der Waals surface area contributed by atoms with Crippen molar-refractivity contribution in [3.8, 4) is 34.4 Å². The highest BCUT2D eigenvalue weighted by Crippen LogP contribution is 2.38. The van der Waals surface area contributed by atoms with Crippen LogP contribution < -0.4 is 29.8 Å². The quantitative estimate of drug-likeness (QED) is 0.196. The summed E-state index contributed by atoms with van der Waals surface area (Å²) >= 11 is 0. The van der Waals surface area contributed by atoms with Crippen molar-refractivity contribution in [3.63, 3.8) is 0 Å². The average Bonchev–Trinajstić information content (AvgIpc) is 3.53. The van der Waals surface area contributed by atoms with Gasteiger partial charge in [-0.15, -0.1) is 0 Å². The van der Waals surface area contributed by atoms with Gasteiger partial charge in [-0.3, -0.25) is 24.0 Å². The number of nitrogens with zero attached hydrogens (tertiary/aromatic N) is 3. The first-order valence-corrected chi connectivity index (χ1v) is 15.6. The molecular weight excluding hydrogens is 622 g/mol. The van der Waals surface area contributed by atoms with Crippen molar-refractivity contribution >= 4 is 22.5 Å². The van der Waals surface area contributed by atoms with E-state index in [-0.39, 0.29) is 22.7 Å². The lowest BCUT2D eigenvalue weighted by Crippen LogP contribution is -2.46. The van der Waals surface area contributed by atoms with Crippen LogP contribution in [0.5, 0.6) is 28.7 Å². The second-order valence-corrected chi connectivity index (χ2v) is 11.9. The molecule has 2 aliphatic rings. The largest absolute Gasteiger partial charge is 0.493 e. The van der Waals surface area contributed by atoms with E-state index >= 15 is 4.39 Å². The predicted molar refractivity (Wildman–Crippen MR) is 175 cm³/mol. The number of benzene rings is 3. The molecule has 10 nitrogen and oxygen atoms in total. The lowest BCUT2D eigenvalue weighted by Gasteiger charge is -2.36. The van der Waals surface area contributed by atoms with Crippen LogP contribution in [0.4, 0.5) is 14.5 Å². The number of hydrogen-bond acceptors (Lipinski definition) is 8. The summed E-state index contributed by atoms with van der Waals surface area (Å²) in [6.07, 6.45) is 3.63. The van der Waals surface area contributed by atoms with Crippen LogP contribution in [0.3, 0.4) is 0 Å². The van der Waals surface area contributed by atoms with Gasteiger partial charge < -0.3 is 24.3 Å². The summed E-state index contributed by atoms with van der Waals surface area (Å²) in [7, 11) is 1.54. The molecule has 0 atom stereocenters. The van der Waals surface area contributed by atoms with Crippen molar-refractivity contribution in [1.82, 2.24) is 14.5 Å². The Morgan fingerprint density at radius 2 is 1.83 bits per heavy atom. The van der Waals surface area contributed by atoms with E-state index in [0.29, 0.717) is 65.0 Å². The monoisotopic (exact) mass is 654 g/mol.